The van der Waals surface area contributed by atoms with Crippen molar-refractivity contribution >= 4 is 20.4 Å². The smallest absolute Gasteiger partial charge is 0.190 e. The molecule has 0 aromatic heterocycles. The minimum absolute atomic E-state index is 9.20. The van der Waals surface area contributed by atoms with Crippen LogP contribution in [0.4, 0.5) is 65.2 Å². The highest BCUT2D eigenvalue weighted by Gasteiger charge is 3.03. The first kappa shape index (κ1) is 20.6. The minimum atomic E-state index is -13.1. The molecule has 0 bridgehead atoms. The van der Waals surface area contributed by atoms with Gasteiger partial charge in [0.25, 0.3) is 0 Å². The molecule has 0 nitrogen and oxygen atoms in total. The molecule has 0 aliphatic rings. The zero-order valence-corrected chi connectivity index (χ0v) is 10.00. The summed E-state index contributed by atoms with van der Waals surface area (Å²) in [5.74, 6) is -9.20. The molecule has 0 aromatic carbocycles. The van der Waals surface area contributed by atoms with Gasteiger partial charge < -0.3 is 0 Å². The second-order valence-electron chi connectivity index (χ2n) is 3.55. The number of alkyl halides is 6. The lowest BCUT2D eigenvalue weighted by Gasteiger charge is -2.53. The number of hydrogen-bond acceptors (Lipinski definition) is 0. The van der Waals surface area contributed by atoms with Gasteiger partial charge in [-0.25, -0.2) is 0 Å². The zero-order valence-electron chi connectivity index (χ0n) is 8.36. The third-order valence-electron chi connectivity index (χ3n) is 1.70. The molecule has 136 valence electrons. The van der Waals surface area contributed by atoms with Gasteiger partial charge in [0, 0.05) is 0 Å². The standard InChI is InChI=1S/C3F16S2/c4-1(5,2(6,7)20(10,11,12,13)14)3(8,9)21(15,16,17,18)19. The van der Waals surface area contributed by atoms with Crippen LogP contribution in [0.2, 0.25) is 0 Å². The van der Waals surface area contributed by atoms with Crippen molar-refractivity contribution in [3.8, 4) is 0 Å². The predicted octanol–water partition coefficient (Wildman–Crippen LogP) is 7.40. The minimum Gasteiger partial charge on any atom is -0.190 e. The molecular formula is C3F16S2. The van der Waals surface area contributed by atoms with E-state index in [1.165, 1.54) is 0 Å². The Morgan fingerprint density at radius 2 is 0.524 bits per heavy atom. The zero-order chi connectivity index (χ0) is 18.3. The quantitative estimate of drug-likeness (QED) is 0.428. The highest BCUT2D eigenvalue weighted by molar-refractivity contribution is 8.47. The SMILES string of the molecule is FC(F)(C(F)(F)S(F)(F)(F)(F)F)C(F)(F)S(F)(F)(F)(F)F. The maximum atomic E-state index is 12.1. The van der Waals surface area contributed by atoms with Crippen LogP contribution < -0.4 is 0 Å². The van der Waals surface area contributed by atoms with Crippen molar-refractivity contribution in [2.45, 2.75) is 16.4 Å². The number of hydrogen-bond donors (Lipinski definition) is 0. The third-order valence-corrected chi connectivity index (χ3v) is 4.15. The molecule has 0 amide bonds. The van der Waals surface area contributed by atoms with Gasteiger partial charge in [0.1, 0.15) is 0 Å². The summed E-state index contributed by atoms with van der Waals surface area (Å²) in [4.78, 5) is 0. The summed E-state index contributed by atoms with van der Waals surface area (Å²) in [6, 6.07) is 0. The normalized spacial score (nSPS) is 22.9. The Morgan fingerprint density at radius 1 is 0.381 bits per heavy atom. The summed E-state index contributed by atoms with van der Waals surface area (Å²) < 4.78 is 187. The van der Waals surface area contributed by atoms with Crippen molar-refractivity contribution in [2.24, 2.45) is 0 Å². The lowest BCUT2D eigenvalue weighted by molar-refractivity contribution is -0.263. The molecule has 0 radical (unpaired) electrons. The molecule has 0 saturated heterocycles. The Kier molecular flexibility index (Phi) is 2.93. The van der Waals surface area contributed by atoms with Crippen LogP contribution in [0.3, 0.4) is 0 Å². The van der Waals surface area contributed by atoms with Gasteiger partial charge in [0.2, 0.25) is 0 Å². The Bertz CT molecular complexity index is 410. The lowest BCUT2D eigenvalue weighted by atomic mass is 10.3. The largest absolute Gasteiger partial charge is 0.451 e. The highest BCUT2D eigenvalue weighted by Crippen LogP contribution is 3.10. The fourth-order valence-corrected chi connectivity index (χ4v) is 1.94. The summed E-state index contributed by atoms with van der Waals surface area (Å²) in [6.07, 6.45) is 0. The van der Waals surface area contributed by atoms with Gasteiger partial charge in [-0.05, 0) is 0 Å². The molecular weight excluding hydrogens is 404 g/mol. The van der Waals surface area contributed by atoms with Crippen molar-refractivity contribution in [1.82, 2.24) is 0 Å². The molecule has 0 spiro atoms. The van der Waals surface area contributed by atoms with E-state index in [2.05, 4.69) is 0 Å². The van der Waals surface area contributed by atoms with Gasteiger partial charge in [-0.15, -0.1) is 0 Å². The van der Waals surface area contributed by atoms with Gasteiger partial charge >= 0.3 is 36.9 Å². The Balaban J connectivity index is 6.70. The van der Waals surface area contributed by atoms with Crippen LogP contribution in [0.5, 0.6) is 0 Å². The van der Waals surface area contributed by atoms with E-state index >= 15 is 0 Å². The molecule has 0 rings (SSSR count). The molecule has 0 aliphatic carbocycles. The molecule has 0 heterocycles. The molecule has 0 N–H and O–H groups in total. The van der Waals surface area contributed by atoms with E-state index in [1.807, 2.05) is 0 Å². The molecule has 0 aromatic rings. The third kappa shape index (κ3) is 2.67. The van der Waals surface area contributed by atoms with Crippen LogP contribution in [0, 0.1) is 0 Å². The van der Waals surface area contributed by atoms with Gasteiger partial charge in [0.05, 0.1) is 0 Å². The first-order chi connectivity index (χ1) is 7.99. The van der Waals surface area contributed by atoms with E-state index < -0.39 is 36.9 Å². The molecule has 0 aliphatic heterocycles. The van der Waals surface area contributed by atoms with E-state index in [9.17, 15) is 65.2 Å². The maximum absolute atomic E-state index is 13.1. The van der Waals surface area contributed by atoms with E-state index in [-0.39, 0.29) is 0 Å². The van der Waals surface area contributed by atoms with Crippen LogP contribution in [-0.4, -0.2) is 16.4 Å². The Labute approximate surface area is 103 Å². The van der Waals surface area contributed by atoms with Crippen molar-refractivity contribution in [3.63, 3.8) is 0 Å². The van der Waals surface area contributed by atoms with Crippen LogP contribution >= 0.6 is 20.4 Å². The summed E-state index contributed by atoms with van der Waals surface area (Å²) in [7, 11) is -26.2. The first-order valence-corrected chi connectivity index (χ1v) is 7.49. The second kappa shape index (κ2) is 2.99. The average Bonchev–Trinajstić information content (AvgIpc) is 1.92. The highest BCUT2D eigenvalue weighted by atomic mass is 32.5. The molecule has 0 saturated carbocycles. The predicted molar refractivity (Wildman–Crippen MR) is 41.1 cm³/mol. The fourth-order valence-electron chi connectivity index (χ4n) is 0.654. The van der Waals surface area contributed by atoms with Gasteiger partial charge in [-0.3, -0.25) is 0 Å². The number of halogens is 16. The lowest BCUT2D eigenvalue weighted by Crippen LogP contribution is -2.62. The maximum Gasteiger partial charge on any atom is 0.451 e. The monoisotopic (exact) mass is 404 g/mol. The first-order valence-electron chi connectivity index (χ1n) is 3.59. The van der Waals surface area contributed by atoms with Crippen molar-refractivity contribution < 1.29 is 65.2 Å². The van der Waals surface area contributed by atoms with Crippen LogP contribution in [0.25, 0.3) is 0 Å². The van der Waals surface area contributed by atoms with Crippen molar-refractivity contribution in [3.05, 3.63) is 0 Å². The van der Waals surface area contributed by atoms with Crippen molar-refractivity contribution in [2.75, 3.05) is 0 Å². The summed E-state index contributed by atoms with van der Waals surface area (Å²) in [5.41, 5.74) is 0. The topological polar surface area (TPSA) is 0 Å². The van der Waals surface area contributed by atoms with Gasteiger partial charge in [0.15, 0.2) is 0 Å². The average molecular weight is 404 g/mol. The van der Waals surface area contributed by atoms with Crippen molar-refractivity contribution in [1.29, 1.82) is 0 Å². The summed E-state index contributed by atoms with van der Waals surface area (Å²) >= 11 is 0. The summed E-state index contributed by atoms with van der Waals surface area (Å²) in [5, 5.41) is -18.7. The molecule has 0 unspecified atom stereocenters. The molecule has 21 heavy (non-hydrogen) atoms. The van der Waals surface area contributed by atoms with Crippen LogP contribution in [0.1, 0.15) is 0 Å². The Morgan fingerprint density at radius 3 is 0.619 bits per heavy atom. The fraction of sp³-hybridized carbons (Fsp3) is 1.00. The molecule has 0 fully saturated rings. The van der Waals surface area contributed by atoms with E-state index in [0.717, 1.165) is 0 Å². The van der Waals surface area contributed by atoms with Crippen LogP contribution in [0.15, 0.2) is 0 Å². The molecule has 0 atom stereocenters. The number of rotatable bonds is 4. The van der Waals surface area contributed by atoms with E-state index in [4.69, 9.17) is 0 Å². The summed E-state index contributed by atoms with van der Waals surface area (Å²) in [6.45, 7) is 0. The van der Waals surface area contributed by atoms with Crippen LogP contribution in [-0.2, 0) is 0 Å². The second-order valence-corrected chi connectivity index (χ2v) is 8.45. The van der Waals surface area contributed by atoms with E-state index in [0.29, 0.717) is 0 Å². The Hall–Kier alpha value is -0.420. The van der Waals surface area contributed by atoms with E-state index in [1.54, 1.807) is 0 Å². The van der Waals surface area contributed by atoms with Gasteiger partial charge in [-0.1, -0.05) is 38.9 Å². The van der Waals surface area contributed by atoms with Gasteiger partial charge in [-0.2, -0.15) is 26.3 Å². The molecule has 18 heteroatoms.